The molecule has 0 bridgehead atoms. The van der Waals surface area contributed by atoms with Crippen molar-refractivity contribution < 1.29 is 14.7 Å². The molecule has 0 saturated heterocycles. The summed E-state index contributed by atoms with van der Waals surface area (Å²) in [6, 6.07) is -0.893. The number of carboxylic acid groups (broad SMARTS) is 1. The molecule has 0 radical (unpaired) electrons. The van der Waals surface area contributed by atoms with Gasteiger partial charge in [0.15, 0.2) is 0 Å². The van der Waals surface area contributed by atoms with Crippen LogP contribution in [0.15, 0.2) is 0 Å². The van der Waals surface area contributed by atoms with E-state index in [9.17, 15) is 9.59 Å². The molecule has 0 aliphatic heterocycles. The molecule has 0 aliphatic carbocycles. The summed E-state index contributed by atoms with van der Waals surface area (Å²) in [5.41, 5.74) is 5.04. The quantitative estimate of drug-likeness (QED) is 0.498. The molecule has 0 fully saturated rings. The van der Waals surface area contributed by atoms with Crippen LogP contribution in [0.5, 0.6) is 0 Å². The second-order valence-electron chi connectivity index (χ2n) is 1.69. The van der Waals surface area contributed by atoms with Crippen molar-refractivity contribution in [3.05, 3.63) is 0 Å². The van der Waals surface area contributed by atoms with E-state index in [4.69, 9.17) is 10.8 Å². The van der Waals surface area contributed by atoms with Gasteiger partial charge in [0, 0.05) is 6.42 Å². The largest absolute Gasteiger partial charge is 0.480 e. The van der Waals surface area contributed by atoms with Crippen molar-refractivity contribution in [1.82, 2.24) is 0 Å². The Kier molecular flexibility index (Phi) is 3.62. The maximum Gasteiger partial charge on any atom is 0.320 e. The molecule has 9 heavy (non-hydrogen) atoms. The van der Waals surface area contributed by atoms with Gasteiger partial charge in [0.25, 0.3) is 0 Å². The lowest BCUT2D eigenvalue weighted by molar-refractivity contribution is -0.138. The van der Waals surface area contributed by atoms with E-state index in [2.05, 4.69) is 0 Å². The predicted octanol–water partition coefficient (Wildman–Crippen LogP) is -0.623. The van der Waals surface area contributed by atoms with Crippen LogP contribution in [0.1, 0.15) is 12.8 Å². The van der Waals surface area contributed by atoms with Crippen LogP contribution >= 0.6 is 0 Å². The Morgan fingerprint density at radius 1 is 1.78 bits per heavy atom. The Hall–Kier alpha value is -0.900. The molecule has 1 atom stereocenters. The number of carbonyl (C=O) groups is 2. The highest BCUT2D eigenvalue weighted by atomic mass is 16.4. The van der Waals surface area contributed by atoms with Gasteiger partial charge >= 0.3 is 5.97 Å². The normalized spacial score (nSPS) is 12.6. The number of carbonyl (C=O) groups excluding carboxylic acids is 1. The SMILES string of the molecule is N[C@@H](CCC=O)C(=O)O. The molecule has 4 heteroatoms. The lowest BCUT2D eigenvalue weighted by Crippen LogP contribution is -2.29. The first-order valence-corrected chi connectivity index (χ1v) is 2.60. The summed E-state index contributed by atoms with van der Waals surface area (Å²) < 4.78 is 0. The minimum absolute atomic E-state index is 0.216. The molecule has 0 saturated carbocycles. The molecule has 3 N–H and O–H groups in total. The monoisotopic (exact) mass is 131 g/mol. The van der Waals surface area contributed by atoms with Crippen molar-refractivity contribution in [2.24, 2.45) is 5.73 Å². The van der Waals surface area contributed by atoms with E-state index in [1.807, 2.05) is 0 Å². The van der Waals surface area contributed by atoms with Crippen LogP contribution in [-0.2, 0) is 9.59 Å². The third kappa shape index (κ3) is 3.66. The van der Waals surface area contributed by atoms with Crippen LogP contribution in [0.25, 0.3) is 0 Å². The van der Waals surface area contributed by atoms with Crippen LogP contribution in [0.4, 0.5) is 0 Å². The molecule has 0 heterocycles. The molecular formula is C5H9NO3. The fourth-order valence-electron chi connectivity index (χ4n) is 0.371. The summed E-state index contributed by atoms with van der Waals surface area (Å²) in [5, 5.41) is 8.17. The zero-order valence-electron chi connectivity index (χ0n) is 4.91. The Labute approximate surface area is 52.7 Å². The molecule has 4 nitrogen and oxygen atoms in total. The molecule has 0 rings (SSSR count). The molecule has 0 unspecified atom stereocenters. The van der Waals surface area contributed by atoms with Crippen molar-refractivity contribution >= 4 is 12.3 Å². The van der Waals surface area contributed by atoms with Gasteiger partial charge in [0.1, 0.15) is 12.3 Å². The van der Waals surface area contributed by atoms with Crippen molar-refractivity contribution in [2.75, 3.05) is 0 Å². The summed E-state index contributed by atoms with van der Waals surface area (Å²) in [6.45, 7) is 0. The van der Waals surface area contributed by atoms with E-state index in [1.165, 1.54) is 0 Å². The van der Waals surface area contributed by atoms with Gasteiger partial charge in [0.2, 0.25) is 0 Å². The first-order valence-electron chi connectivity index (χ1n) is 2.60. The van der Waals surface area contributed by atoms with Crippen LogP contribution < -0.4 is 5.73 Å². The number of carboxylic acids is 1. The van der Waals surface area contributed by atoms with Gasteiger partial charge < -0.3 is 15.6 Å². The molecule has 0 amide bonds. The average Bonchev–Trinajstić information content (AvgIpc) is 1.82. The Morgan fingerprint density at radius 3 is 2.67 bits per heavy atom. The number of nitrogens with two attached hydrogens (primary N) is 1. The minimum Gasteiger partial charge on any atom is -0.480 e. The first kappa shape index (κ1) is 8.10. The van der Waals surface area contributed by atoms with E-state index in [-0.39, 0.29) is 12.8 Å². The number of hydrogen-bond acceptors (Lipinski definition) is 3. The van der Waals surface area contributed by atoms with Gasteiger partial charge in [0.05, 0.1) is 0 Å². The van der Waals surface area contributed by atoms with Gasteiger partial charge in [-0.15, -0.1) is 0 Å². The highest BCUT2D eigenvalue weighted by Gasteiger charge is 2.08. The second-order valence-corrected chi connectivity index (χ2v) is 1.69. The Balaban J connectivity index is 3.37. The smallest absolute Gasteiger partial charge is 0.320 e. The lowest BCUT2D eigenvalue weighted by Gasteiger charge is -2.00. The highest BCUT2D eigenvalue weighted by molar-refractivity contribution is 5.73. The average molecular weight is 131 g/mol. The zero-order chi connectivity index (χ0) is 7.28. The van der Waals surface area contributed by atoms with Crippen LogP contribution in [0.2, 0.25) is 0 Å². The van der Waals surface area contributed by atoms with E-state index >= 15 is 0 Å². The first-order chi connectivity index (χ1) is 4.18. The third-order valence-corrected chi connectivity index (χ3v) is 0.913. The maximum atomic E-state index is 9.96. The lowest BCUT2D eigenvalue weighted by atomic mass is 10.2. The van der Waals surface area contributed by atoms with Crippen LogP contribution in [0.3, 0.4) is 0 Å². The standard InChI is InChI=1S/C5H9NO3/c6-4(5(8)9)2-1-3-7/h3-4H,1-2,6H2,(H,8,9)/t4-/m0/s1. The molecular weight excluding hydrogens is 122 g/mol. The molecule has 0 spiro atoms. The predicted molar refractivity (Wildman–Crippen MR) is 30.9 cm³/mol. The third-order valence-electron chi connectivity index (χ3n) is 0.913. The molecule has 52 valence electrons. The van der Waals surface area contributed by atoms with Gasteiger partial charge in [-0.25, -0.2) is 0 Å². The van der Waals surface area contributed by atoms with Crippen molar-refractivity contribution in [1.29, 1.82) is 0 Å². The Morgan fingerprint density at radius 2 is 2.33 bits per heavy atom. The van der Waals surface area contributed by atoms with E-state index in [0.29, 0.717) is 6.29 Å². The summed E-state index contributed by atoms with van der Waals surface area (Å²) in [5.74, 6) is -1.06. The van der Waals surface area contributed by atoms with Gasteiger partial charge in [-0.05, 0) is 6.42 Å². The molecule has 0 aliphatic rings. The number of rotatable bonds is 4. The van der Waals surface area contributed by atoms with E-state index in [0.717, 1.165) is 0 Å². The maximum absolute atomic E-state index is 9.96. The van der Waals surface area contributed by atoms with Crippen LogP contribution in [-0.4, -0.2) is 23.4 Å². The topological polar surface area (TPSA) is 80.4 Å². The minimum atomic E-state index is -1.06. The molecule has 0 aromatic carbocycles. The van der Waals surface area contributed by atoms with Gasteiger partial charge in [-0.3, -0.25) is 4.79 Å². The zero-order valence-corrected chi connectivity index (χ0v) is 4.91. The number of aldehydes is 1. The van der Waals surface area contributed by atoms with Crippen LogP contribution in [0, 0.1) is 0 Å². The summed E-state index contributed by atoms with van der Waals surface area (Å²) in [7, 11) is 0. The summed E-state index contributed by atoms with van der Waals surface area (Å²) >= 11 is 0. The fourth-order valence-corrected chi connectivity index (χ4v) is 0.371. The molecule has 0 aromatic rings. The van der Waals surface area contributed by atoms with Gasteiger partial charge in [-0.2, -0.15) is 0 Å². The van der Waals surface area contributed by atoms with Crippen molar-refractivity contribution in [3.63, 3.8) is 0 Å². The second kappa shape index (κ2) is 4.03. The molecule has 0 aromatic heterocycles. The summed E-state index contributed by atoms with van der Waals surface area (Å²) in [6.07, 6.45) is 1.09. The van der Waals surface area contributed by atoms with E-state index in [1.54, 1.807) is 0 Å². The number of aliphatic carboxylic acids is 1. The summed E-state index contributed by atoms with van der Waals surface area (Å²) in [4.78, 5) is 19.6. The highest BCUT2D eigenvalue weighted by Crippen LogP contribution is 1.90. The van der Waals surface area contributed by atoms with E-state index < -0.39 is 12.0 Å². The van der Waals surface area contributed by atoms with Crippen molar-refractivity contribution in [2.45, 2.75) is 18.9 Å². The number of hydrogen-bond donors (Lipinski definition) is 2. The Bertz CT molecular complexity index is 113. The van der Waals surface area contributed by atoms with Gasteiger partial charge in [-0.1, -0.05) is 0 Å². The van der Waals surface area contributed by atoms with Crippen molar-refractivity contribution in [3.8, 4) is 0 Å². The fraction of sp³-hybridized carbons (Fsp3) is 0.600.